The molecule has 740 valence electrons. The Kier molecular flexibility index (Phi) is 32.3. The first kappa shape index (κ1) is 105. The number of nitrogens with two attached hydrogens (primary N) is 6. The highest BCUT2D eigenvalue weighted by Gasteiger charge is 2.33. The smallest absolute Gasteiger partial charge is 0.373 e. The highest BCUT2D eigenvalue weighted by Crippen LogP contribution is 2.50. The van der Waals surface area contributed by atoms with Gasteiger partial charge in [0.15, 0.2) is 39.5 Å². The fourth-order valence-corrected chi connectivity index (χ4v) is 22.3. The summed E-state index contributed by atoms with van der Waals surface area (Å²) < 4.78 is 11.1. The van der Waals surface area contributed by atoms with Crippen molar-refractivity contribution in [3.8, 4) is 85.3 Å². The molecule has 6 aromatic carbocycles. The Hall–Kier alpha value is -12.5. The van der Waals surface area contributed by atoms with E-state index in [1.54, 1.807) is 84.9 Å². The second kappa shape index (κ2) is 44.4. The van der Waals surface area contributed by atoms with Crippen LogP contribution in [0.1, 0.15) is 165 Å². The highest BCUT2D eigenvalue weighted by molar-refractivity contribution is 7.23. The van der Waals surface area contributed by atoms with Crippen LogP contribution in [-0.4, -0.2) is 124 Å². The van der Waals surface area contributed by atoms with E-state index in [2.05, 4.69) is 70.3 Å². The molecule has 0 saturated heterocycles. The number of halogens is 9. The average Bonchev–Trinajstić information content (AvgIpc) is 1.47. The van der Waals surface area contributed by atoms with Gasteiger partial charge in [0, 0.05) is 98.5 Å². The van der Waals surface area contributed by atoms with Gasteiger partial charge in [-0.15, -0.1) is 73.2 Å². The van der Waals surface area contributed by atoms with Crippen LogP contribution < -0.4 is 54.5 Å². The van der Waals surface area contributed by atoms with E-state index >= 15 is 0 Å². The van der Waals surface area contributed by atoms with E-state index in [0.717, 1.165) is 81.9 Å². The minimum Gasteiger partial charge on any atom is -0.508 e. The summed E-state index contributed by atoms with van der Waals surface area (Å²) in [5.41, 5.74) is 47.5. The van der Waals surface area contributed by atoms with Crippen LogP contribution in [0.2, 0.25) is 45.2 Å². The van der Waals surface area contributed by atoms with Gasteiger partial charge < -0.3 is 64.5 Å². The average molecular weight is 2230 g/mol. The molecule has 12 aromatic heterocycles. The molecule has 45 heteroatoms. The predicted molar refractivity (Wildman–Crippen MR) is 593 cm³/mol. The van der Waals surface area contributed by atoms with E-state index in [-0.39, 0.29) is 64.5 Å². The Morgan fingerprint density at radius 3 is 1.06 bits per heavy atom. The number of ether oxygens (including phenoxy) is 2. The number of fused-ring (bicyclic) bond motifs is 6. The molecule has 0 atom stereocenters. The van der Waals surface area contributed by atoms with Crippen LogP contribution in [-0.2, 0) is 6.42 Å². The van der Waals surface area contributed by atoms with Gasteiger partial charge in [0.25, 0.3) is 0 Å². The SMILES string of the molecule is CC(=O)c1sc2nc(CC3CC3)nc(-c3ccc(Cl)c(Cl)c3)c2c1N.CC(=O)c1sc2nc(NC3CC3)nc(-c3cccc(O)c3)c2c1N.CC(=O)c1sc2nc(NC3CC3)nc(-c3ccccc3Cl)c2c1N.CC(=O)c1sc2nc(OC(C)C)nc(-c3ccc(Cl)c(Cl)c3)c2c1N.CCOc1nc(-c2ccc(Cl)c(Cl)c2)c2c(N)c(C(C)=O)sc2n1.[C-]#[N+]c1nc(-c2ccc(Cl)c(Cl)c2)c2c(N)c(C(C)=O)sc2n1. The molecule has 12 heterocycles. The van der Waals surface area contributed by atoms with Gasteiger partial charge in [0.05, 0.1) is 177 Å². The molecule has 30 nitrogen and oxygen atoms in total. The first-order chi connectivity index (χ1) is 69.1. The van der Waals surface area contributed by atoms with Crippen molar-refractivity contribution in [3.05, 3.63) is 213 Å². The Morgan fingerprint density at radius 1 is 0.379 bits per heavy atom. The highest BCUT2D eigenvalue weighted by atomic mass is 35.5. The minimum atomic E-state index is -0.157. The number of carbonyl (C=O) groups excluding carboxylic acids is 6. The van der Waals surface area contributed by atoms with Crippen LogP contribution in [0.3, 0.4) is 0 Å². The van der Waals surface area contributed by atoms with Crippen LogP contribution in [0.5, 0.6) is 17.8 Å². The number of aromatic hydroxyl groups is 1. The summed E-state index contributed by atoms with van der Waals surface area (Å²) in [6.07, 6.45) is 7.63. The number of ketones is 6. The maximum Gasteiger partial charge on any atom is 0.373 e. The standard InChI is InChI=1S/C18H15Cl2N3OS.C17H15Cl2N3O2S.C17H15ClN4OS.C17H16N4O2S.C16H13Cl2N3O2S.C15H8Cl2N4OS/c1-8(24)17-15(21)14-16(10-4-5-11(19)12(20)7-10)22-13(6-9-2-3-9)23-18(14)25-17;1-7(2)24-17-21-14(9-4-5-10(18)11(19)6-9)12-13(20)15(8(3)23)25-16(12)22-17;1-8(23)15-13(19)12-14(10-4-2-3-5-11(10)18)21-17(20-9-6-7-9)22-16(12)24-15;1-8(22)15-13(18)12-14(9-3-2-4-11(23)7-9)20-17(19-10-5-6-10)21-16(12)24-15;1-3-23-16-20-13(8-4-5-9(17)10(18)6-8)11-12(19)14(7(2)22)24-15(11)21-16;1-6(22)13-11(18)10-12(7-3-4-8(16)9(17)5-7)20-15(19-2)21-14(10)23-13/h4-5,7,9H,2-3,6,21H2,1H3;4-7H,20H2,1-3H3;2-5,9H,6-7,19H2,1H3,(H,20,21,22);2-4,7,10,23H,5-6,18H2,1H3,(H,19,20,21);4-6H,3,19H2,1-2H3;3-5H,18H2,1H3. The Bertz CT molecular complexity index is 8210. The van der Waals surface area contributed by atoms with Crippen molar-refractivity contribution >= 4 is 320 Å². The van der Waals surface area contributed by atoms with Crippen molar-refractivity contribution in [2.24, 2.45) is 5.92 Å². The van der Waals surface area contributed by atoms with E-state index in [1.807, 2.05) is 57.2 Å². The van der Waals surface area contributed by atoms with Gasteiger partial charge in [-0.2, -0.15) is 19.9 Å². The lowest BCUT2D eigenvalue weighted by Crippen LogP contribution is -2.09. The normalized spacial score (nSPS) is 12.6. The van der Waals surface area contributed by atoms with Gasteiger partial charge in [0.1, 0.15) is 41.4 Å². The summed E-state index contributed by atoms with van der Waals surface area (Å²) in [5.74, 6) is 2.03. The van der Waals surface area contributed by atoms with Crippen molar-refractivity contribution in [2.75, 3.05) is 51.6 Å². The molecule has 0 bridgehead atoms. The van der Waals surface area contributed by atoms with Crippen LogP contribution in [0.15, 0.2) is 121 Å². The molecule has 145 heavy (non-hydrogen) atoms. The third-order valence-corrected chi connectivity index (χ3v) is 32.7. The molecule has 0 unspecified atom stereocenters. The number of hydrogen-bond donors (Lipinski definition) is 9. The second-order valence-corrected chi connectivity index (χ2v) is 43.3. The van der Waals surface area contributed by atoms with Crippen molar-refractivity contribution in [2.45, 2.75) is 125 Å². The molecule has 3 aliphatic rings. The Balaban J connectivity index is 0.000000125. The Morgan fingerprint density at radius 2 is 0.710 bits per heavy atom. The van der Waals surface area contributed by atoms with Gasteiger partial charge in [-0.1, -0.05) is 164 Å². The summed E-state index contributed by atoms with van der Waals surface area (Å²) in [5, 5.41) is 24.2. The largest absolute Gasteiger partial charge is 0.508 e. The molecule has 0 radical (unpaired) electrons. The number of rotatable bonds is 22. The fourth-order valence-electron chi connectivity index (χ4n) is 14.9. The van der Waals surface area contributed by atoms with Gasteiger partial charge >= 0.3 is 18.0 Å². The molecule has 3 fully saturated rings. The molecule has 3 saturated carbocycles. The number of phenols is 1. The number of phenolic OH excluding ortho intramolecular Hbond substituents is 1. The van der Waals surface area contributed by atoms with Gasteiger partial charge in [-0.05, 0) is 138 Å². The lowest BCUT2D eigenvalue weighted by molar-refractivity contribution is 0.101. The fraction of sp³-hybridized carbons (Fsp3) is 0.210. The first-order valence-corrected chi connectivity index (χ1v) is 52.6. The maximum atomic E-state index is 11.9. The van der Waals surface area contributed by atoms with Gasteiger partial charge in [-0.3, -0.25) is 28.8 Å². The molecule has 0 amide bonds. The summed E-state index contributed by atoms with van der Waals surface area (Å²) >= 11 is 62.4. The summed E-state index contributed by atoms with van der Waals surface area (Å²) in [6.45, 7) is 22.1. The summed E-state index contributed by atoms with van der Waals surface area (Å²) in [4.78, 5) is 135. The van der Waals surface area contributed by atoms with Crippen LogP contribution in [0.25, 0.3) is 134 Å². The number of nitrogen functional groups attached to an aromatic ring is 6. The molecule has 18 aromatic rings. The lowest BCUT2D eigenvalue weighted by Gasteiger charge is -2.11. The summed E-state index contributed by atoms with van der Waals surface area (Å²) in [7, 11) is 0. The van der Waals surface area contributed by atoms with E-state index in [0.29, 0.717) is 241 Å². The number of anilines is 8. The number of nitrogens with one attached hydrogen (secondary N) is 2. The molecular weight excluding hydrogens is 2150 g/mol. The minimum absolute atomic E-state index is 0.0186. The van der Waals surface area contributed by atoms with E-state index in [9.17, 15) is 33.9 Å². The molecule has 3 aliphatic carbocycles. The van der Waals surface area contributed by atoms with Crippen molar-refractivity contribution in [1.82, 2.24) is 59.8 Å². The van der Waals surface area contributed by atoms with Gasteiger partial charge in [-0.25, -0.2) is 29.9 Å². The zero-order valence-electron chi connectivity index (χ0n) is 77.9. The Labute approximate surface area is 896 Å². The molecule has 15 N–H and O–H groups in total. The van der Waals surface area contributed by atoms with Gasteiger partial charge in [0.2, 0.25) is 11.9 Å². The number of carbonyl (C=O) groups is 6. The zero-order chi connectivity index (χ0) is 104. The topological polar surface area (TPSA) is 480 Å². The maximum absolute atomic E-state index is 11.9. The molecule has 0 spiro atoms. The summed E-state index contributed by atoms with van der Waals surface area (Å²) in [6, 6.07) is 36.3. The quantitative estimate of drug-likeness (QED) is 0.0225. The van der Waals surface area contributed by atoms with Crippen LogP contribution in [0, 0.1) is 12.5 Å². The molecular formula is C100H82Cl9N21O9S6. The monoisotopic (exact) mass is 2230 g/mol. The zero-order valence-corrected chi connectivity index (χ0v) is 89.6. The number of Topliss-reactive ketones (excluding diaryl/α,β-unsaturated/α-hetero) is 6. The number of thiophene rings is 6. The number of benzene rings is 6. The van der Waals surface area contributed by atoms with Crippen molar-refractivity contribution in [1.29, 1.82) is 0 Å². The van der Waals surface area contributed by atoms with Crippen LogP contribution in [0.4, 0.5) is 52.0 Å². The van der Waals surface area contributed by atoms with Crippen molar-refractivity contribution < 1.29 is 43.3 Å². The van der Waals surface area contributed by atoms with E-state index in [4.69, 9.17) is 160 Å². The third-order valence-electron chi connectivity index (χ3n) is 22.2. The number of nitrogens with zero attached hydrogens (tertiary/aromatic N) is 13. The lowest BCUT2D eigenvalue weighted by atomic mass is 10.1. The second-order valence-electron chi connectivity index (χ2n) is 33.6. The number of hydrogen-bond acceptors (Lipinski definition) is 35. The van der Waals surface area contributed by atoms with E-state index < -0.39 is 0 Å². The van der Waals surface area contributed by atoms with Crippen molar-refractivity contribution in [3.63, 3.8) is 0 Å². The predicted octanol–water partition coefficient (Wildman–Crippen LogP) is 28.3. The molecule has 21 rings (SSSR count). The van der Waals surface area contributed by atoms with E-state index in [1.165, 1.54) is 111 Å². The third kappa shape index (κ3) is 23.5. The number of aromatic nitrogens is 12. The van der Waals surface area contributed by atoms with Crippen LogP contribution >= 0.6 is 172 Å². The first-order valence-electron chi connectivity index (χ1n) is 44.3. The molecule has 0 aliphatic heterocycles.